The molecule has 0 aliphatic carbocycles. The number of aromatic nitrogens is 2. The number of fused-ring (bicyclic) bond motifs is 1. The molecule has 3 heterocycles. The molecule has 4 rings (SSSR count). The van der Waals surface area contributed by atoms with Crippen LogP contribution in [0.2, 0.25) is 0 Å². The fourth-order valence-corrected chi connectivity index (χ4v) is 4.94. The van der Waals surface area contributed by atoms with Gasteiger partial charge in [0.2, 0.25) is 15.9 Å². The first-order valence-electron chi connectivity index (χ1n) is 8.80. The smallest absolute Gasteiger partial charge is 0.260 e. The maximum absolute atomic E-state index is 13.0. The van der Waals surface area contributed by atoms with Gasteiger partial charge in [0.1, 0.15) is 0 Å². The highest BCUT2D eigenvalue weighted by atomic mass is 32.2. The fourth-order valence-electron chi connectivity index (χ4n) is 3.40. The minimum Gasteiger partial charge on any atom is -0.379 e. The molecule has 0 saturated carbocycles. The van der Waals surface area contributed by atoms with Crippen LogP contribution in [0.3, 0.4) is 0 Å². The highest BCUT2D eigenvalue weighted by Crippen LogP contribution is 2.35. The summed E-state index contributed by atoms with van der Waals surface area (Å²) in [6, 6.07) is 4.66. The van der Waals surface area contributed by atoms with Gasteiger partial charge in [-0.2, -0.15) is 9.29 Å². The number of carbonyl (C=O) groups excluding carboxylic acids is 1. The van der Waals surface area contributed by atoms with Crippen molar-refractivity contribution in [2.75, 3.05) is 18.4 Å². The lowest BCUT2D eigenvalue weighted by Gasteiger charge is -2.21. The summed E-state index contributed by atoms with van der Waals surface area (Å²) in [4.78, 5) is 15.7. The van der Waals surface area contributed by atoms with Gasteiger partial charge in [-0.05, 0) is 30.2 Å². The Kier molecular flexibility index (Phi) is 4.28. The molecular formula is C17H20N4O5S. The number of hydrogen-bond donors (Lipinski definition) is 2. The summed E-state index contributed by atoms with van der Waals surface area (Å²) in [6.07, 6.45) is 1.57. The molecule has 1 amide bonds. The summed E-state index contributed by atoms with van der Waals surface area (Å²) >= 11 is 0. The zero-order chi connectivity index (χ0) is 19.2. The molecule has 2 aliphatic rings. The first-order chi connectivity index (χ1) is 12.8. The lowest BCUT2D eigenvalue weighted by atomic mass is 10.0. The van der Waals surface area contributed by atoms with E-state index in [1.807, 2.05) is 6.92 Å². The Balaban J connectivity index is 1.59. The molecule has 9 nitrogen and oxygen atoms in total. The Hall–Kier alpha value is -2.30. The van der Waals surface area contributed by atoms with E-state index in [1.54, 1.807) is 12.1 Å². The average molecular weight is 392 g/mol. The molecule has 1 fully saturated rings. The standard InChI is InChI=1S/C17H20N4O5S/c1-2-14-19-16(26-20-14)17(23)7-8-21(10-17)27(24,25)12-4-5-13-11(9-12)3-6-15(22)18-13/h4-5,9,23H,2-3,6-8,10H2,1H3,(H,18,22)/t17-/m0/s1. The highest BCUT2D eigenvalue weighted by Gasteiger charge is 2.46. The van der Waals surface area contributed by atoms with Crippen molar-refractivity contribution in [3.63, 3.8) is 0 Å². The third-order valence-electron chi connectivity index (χ3n) is 5.01. The third-order valence-corrected chi connectivity index (χ3v) is 6.85. The summed E-state index contributed by atoms with van der Waals surface area (Å²) in [7, 11) is -3.79. The van der Waals surface area contributed by atoms with Gasteiger partial charge in [-0.15, -0.1) is 0 Å². The van der Waals surface area contributed by atoms with Crippen LogP contribution in [-0.4, -0.2) is 47.0 Å². The van der Waals surface area contributed by atoms with E-state index < -0.39 is 15.6 Å². The van der Waals surface area contributed by atoms with E-state index in [2.05, 4.69) is 15.5 Å². The van der Waals surface area contributed by atoms with Gasteiger partial charge in [-0.1, -0.05) is 12.1 Å². The Morgan fingerprint density at radius 1 is 1.37 bits per heavy atom. The molecular weight excluding hydrogens is 372 g/mol. The molecule has 27 heavy (non-hydrogen) atoms. The van der Waals surface area contributed by atoms with Gasteiger partial charge in [0, 0.05) is 31.5 Å². The molecule has 2 aromatic rings. The summed E-state index contributed by atoms with van der Waals surface area (Å²) in [5.74, 6) is 0.440. The zero-order valence-electron chi connectivity index (χ0n) is 14.8. The lowest BCUT2D eigenvalue weighted by Crippen LogP contribution is -2.34. The van der Waals surface area contributed by atoms with Crippen molar-refractivity contribution < 1.29 is 22.8 Å². The predicted molar refractivity (Wildman–Crippen MR) is 94.3 cm³/mol. The number of aryl methyl sites for hydroxylation is 2. The van der Waals surface area contributed by atoms with Gasteiger partial charge >= 0.3 is 0 Å². The number of rotatable bonds is 4. The van der Waals surface area contributed by atoms with E-state index >= 15 is 0 Å². The van der Waals surface area contributed by atoms with Gasteiger partial charge < -0.3 is 14.9 Å². The van der Waals surface area contributed by atoms with Crippen molar-refractivity contribution in [3.8, 4) is 0 Å². The molecule has 0 unspecified atom stereocenters. The second kappa shape index (κ2) is 6.39. The van der Waals surface area contributed by atoms with Crippen LogP contribution in [0, 0.1) is 0 Å². The van der Waals surface area contributed by atoms with Crippen LogP contribution in [0.15, 0.2) is 27.6 Å². The van der Waals surface area contributed by atoms with Crippen LogP contribution < -0.4 is 5.32 Å². The minimum atomic E-state index is -3.79. The third kappa shape index (κ3) is 3.13. The monoisotopic (exact) mass is 392 g/mol. The summed E-state index contributed by atoms with van der Waals surface area (Å²) in [5, 5.41) is 17.3. The largest absolute Gasteiger partial charge is 0.379 e. The summed E-state index contributed by atoms with van der Waals surface area (Å²) < 4.78 is 32.4. The van der Waals surface area contributed by atoms with Gasteiger partial charge in [-0.25, -0.2) is 8.42 Å². The Morgan fingerprint density at radius 3 is 2.93 bits per heavy atom. The number of amides is 1. The number of nitrogens with zero attached hydrogens (tertiary/aromatic N) is 3. The molecule has 1 aromatic heterocycles. The summed E-state index contributed by atoms with van der Waals surface area (Å²) in [5.41, 5.74) is -0.0638. The van der Waals surface area contributed by atoms with E-state index in [0.29, 0.717) is 30.8 Å². The van der Waals surface area contributed by atoms with E-state index in [9.17, 15) is 18.3 Å². The molecule has 1 saturated heterocycles. The molecule has 2 aliphatic heterocycles. The number of hydrogen-bond acceptors (Lipinski definition) is 7. The van der Waals surface area contributed by atoms with Gasteiger partial charge in [0.05, 0.1) is 11.4 Å². The van der Waals surface area contributed by atoms with Crippen LogP contribution in [0.4, 0.5) is 5.69 Å². The van der Waals surface area contributed by atoms with Crippen LogP contribution in [-0.2, 0) is 33.3 Å². The van der Waals surface area contributed by atoms with Crippen molar-refractivity contribution >= 4 is 21.6 Å². The Labute approximate surface area is 156 Å². The number of anilines is 1. The maximum atomic E-state index is 13.0. The zero-order valence-corrected chi connectivity index (χ0v) is 15.6. The second-order valence-electron chi connectivity index (χ2n) is 6.86. The van der Waals surface area contributed by atoms with Crippen LogP contribution in [0.25, 0.3) is 0 Å². The predicted octanol–water partition coefficient (Wildman–Crippen LogP) is 0.799. The highest BCUT2D eigenvalue weighted by molar-refractivity contribution is 7.89. The molecule has 144 valence electrons. The van der Waals surface area contributed by atoms with Crippen molar-refractivity contribution in [2.24, 2.45) is 0 Å². The first kappa shape index (κ1) is 18.1. The Morgan fingerprint density at radius 2 is 2.19 bits per heavy atom. The molecule has 2 N–H and O–H groups in total. The first-order valence-corrected chi connectivity index (χ1v) is 10.2. The number of sulfonamides is 1. The summed E-state index contributed by atoms with van der Waals surface area (Å²) in [6.45, 7) is 1.87. The average Bonchev–Trinajstić information content (AvgIpc) is 3.29. The number of β-amino-alcohol motifs (C(OH)–C–C–N with tert-alkyl or cyclic N) is 1. The van der Waals surface area contributed by atoms with E-state index in [0.717, 1.165) is 5.56 Å². The lowest BCUT2D eigenvalue weighted by molar-refractivity contribution is -0.116. The fraction of sp³-hybridized carbons (Fsp3) is 0.471. The van der Waals surface area contributed by atoms with Crippen LogP contribution >= 0.6 is 0 Å². The maximum Gasteiger partial charge on any atom is 0.260 e. The molecule has 1 atom stereocenters. The van der Waals surface area contributed by atoms with Gasteiger partial charge in [-0.3, -0.25) is 4.79 Å². The van der Waals surface area contributed by atoms with Crippen LogP contribution in [0.1, 0.15) is 37.0 Å². The van der Waals surface area contributed by atoms with Gasteiger partial charge in [0.25, 0.3) is 5.89 Å². The number of aliphatic hydroxyl groups is 1. The topological polar surface area (TPSA) is 126 Å². The SMILES string of the molecule is CCc1noc([C@]2(O)CCN(S(=O)(=O)c3ccc4c(c3)CCC(=O)N4)C2)n1. The number of carbonyl (C=O) groups is 1. The minimum absolute atomic E-state index is 0.0465. The van der Waals surface area contributed by atoms with Gasteiger partial charge in [0.15, 0.2) is 11.4 Å². The van der Waals surface area contributed by atoms with Crippen LogP contribution in [0.5, 0.6) is 0 Å². The van der Waals surface area contributed by atoms with Crippen molar-refractivity contribution in [2.45, 2.75) is 43.1 Å². The van der Waals surface area contributed by atoms with Crippen molar-refractivity contribution in [3.05, 3.63) is 35.5 Å². The van der Waals surface area contributed by atoms with E-state index in [4.69, 9.17) is 4.52 Å². The van der Waals surface area contributed by atoms with E-state index in [-0.39, 0.29) is 36.2 Å². The van der Waals surface area contributed by atoms with E-state index in [1.165, 1.54) is 10.4 Å². The normalized spacial score (nSPS) is 23.3. The molecule has 0 spiro atoms. The molecule has 10 heteroatoms. The number of nitrogens with one attached hydrogen (secondary N) is 1. The van der Waals surface area contributed by atoms with Crippen molar-refractivity contribution in [1.82, 2.24) is 14.4 Å². The molecule has 0 radical (unpaired) electrons. The molecule has 1 aromatic carbocycles. The number of benzene rings is 1. The quantitative estimate of drug-likeness (QED) is 0.788. The van der Waals surface area contributed by atoms with Crippen molar-refractivity contribution in [1.29, 1.82) is 0 Å². The second-order valence-corrected chi connectivity index (χ2v) is 8.79. The molecule has 0 bridgehead atoms. The Bertz CT molecular complexity index is 1000.